The number of aromatic amines is 1. The number of nitrogens with zero attached hydrogens (tertiary/aromatic N) is 2. The lowest BCUT2D eigenvalue weighted by atomic mass is 10.4. The number of rotatable bonds is 5. The van der Waals surface area contributed by atoms with Crippen LogP contribution in [0.3, 0.4) is 0 Å². The van der Waals surface area contributed by atoms with Gasteiger partial charge in [-0.25, -0.2) is 13.4 Å². The summed E-state index contributed by atoms with van der Waals surface area (Å²) >= 11 is 0. The number of furan rings is 1. The second-order valence-electron chi connectivity index (χ2n) is 5.89. The molecule has 3 heterocycles. The predicted octanol–water partition coefficient (Wildman–Crippen LogP) is 1.82. The number of hydrogen-bond donors (Lipinski definition) is 0. The van der Waals surface area contributed by atoms with Gasteiger partial charge in [-0.1, -0.05) is 0 Å². The molecule has 0 aliphatic carbocycles. The maximum Gasteiger partial charge on any atom is 0.274 e. The van der Waals surface area contributed by atoms with Crippen molar-refractivity contribution in [3.05, 3.63) is 42.0 Å². The highest BCUT2D eigenvalue weighted by molar-refractivity contribution is 7.89. The monoisotopic (exact) mass is 336 g/mol. The fourth-order valence-corrected chi connectivity index (χ4v) is 4.25. The molecular formula is C16H22N3O3S+. The fraction of sp³-hybridized carbons (Fsp3) is 0.438. The second-order valence-corrected chi connectivity index (χ2v) is 7.83. The maximum atomic E-state index is 12.5. The average molecular weight is 336 g/mol. The van der Waals surface area contributed by atoms with Crippen LogP contribution in [0.25, 0.3) is 0 Å². The van der Waals surface area contributed by atoms with E-state index in [1.54, 1.807) is 22.6 Å². The Balaban J connectivity index is 1.73. The lowest BCUT2D eigenvalue weighted by Gasteiger charge is -2.15. The third-order valence-corrected chi connectivity index (χ3v) is 5.97. The first-order valence-electron chi connectivity index (χ1n) is 7.75. The van der Waals surface area contributed by atoms with Crippen molar-refractivity contribution >= 4 is 15.8 Å². The Morgan fingerprint density at radius 1 is 1.22 bits per heavy atom. The van der Waals surface area contributed by atoms with Crippen LogP contribution in [0.15, 0.2) is 39.8 Å². The number of aryl methyl sites for hydroxylation is 1. The number of sulfonamides is 1. The topological polar surface area (TPSA) is 67.9 Å². The lowest BCUT2D eigenvalue weighted by Crippen LogP contribution is -2.30. The first-order chi connectivity index (χ1) is 11.0. The van der Waals surface area contributed by atoms with Crippen molar-refractivity contribution in [2.45, 2.75) is 31.2 Å². The van der Waals surface area contributed by atoms with Gasteiger partial charge in [0.15, 0.2) is 0 Å². The van der Waals surface area contributed by atoms with E-state index >= 15 is 0 Å². The van der Waals surface area contributed by atoms with Crippen LogP contribution in [0.2, 0.25) is 0 Å². The van der Waals surface area contributed by atoms with Crippen molar-refractivity contribution in [3.8, 4) is 0 Å². The molecule has 2 aromatic rings. The normalized spacial score (nSPS) is 15.9. The summed E-state index contributed by atoms with van der Waals surface area (Å²) in [6, 6.07) is 7.32. The number of pyridine rings is 1. The molecule has 1 saturated heterocycles. The Morgan fingerprint density at radius 2 is 1.96 bits per heavy atom. The number of nitrogens with one attached hydrogen (secondary N) is 1. The van der Waals surface area contributed by atoms with Crippen LogP contribution >= 0.6 is 0 Å². The molecule has 0 aromatic carbocycles. The van der Waals surface area contributed by atoms with Crippen molar-refractivity contribution in [2.24, 2.45) is 0 Å². The van der Waals surface area contributed by atoms with Gasteiger partial charge in [-0.05, 0) is 38.0 Å². The van der Waals surface area contributed by atoms with Gasteiger partial charge in [0.05, 0.1) is 7.05 Å². The molecule has 0 spiro atoms. The minimum atomic E-state index is -3.37. The minimum absolute atomic E-state index is 0.311. The minimum Gasteiger partial charge on any atom is -0.462 e. The molecule has 124 valence electrons. The third-order valence-electron chi connectivity index (χ3n) is 4.07. The van der Waals surface area contributed by atoms with Gasteiger partial charge in [-0.3, -0.25) is 4.90 Å². The number of hydrogen-bond acceptors (Lipinski definition) is 4. The van der Waals surface area contributed by atoms with E-state index < -0.39 is 10.0 Å². The Bertz CT molecular complexity index is 762. The molecule has 0 saturated carbocycles. The van der Waals surface area contributed by atoms with Crippen molar-refractivity contribution in [1.29, 1.82) is 0 Å². The van der Waals surface area contributed by atoms with E-state index in [-0.39, 0.29) is 0 Å². The van der Waals surface area contributed by atoms with E-state index in [0.29, 0.717) is 24.5 Å². The lowest BCUT2D eigenvalue weighted by molar-refractivity contribution is -0.367. The number of anilines is 1. The van der Waals surface area contributed by atoms with Gasteiger partial charge in [0, 0.05) is 19.2 Å². The quantitative estimate of drug-likeness (QED) is 0.835. The SMILES string of the molecule is Cc1ccc(CN(C)c2ccc(S(=O)(=O)N3CCCC3)c[nH+]2)o1. The molecule has 0 atom stereocenters. The summed E-state index contributed by atoms with van der Waals surface area (Å²) in [6.07, 6.45) is 3.44. The van der Waals surface area contributed by atoms with Gasteiger partial charge in [0.1, 0.15) is 29.2 Å². The fourth-order valence-electron chi connectivity index (χ4n) is 2.77. The van der Waals surface area contributed by atoms with Gasteiger partial charge in [-0.2, -0.15) is 4.31 Å². The molecule has 0 radical (unpaired) electrons. The summed E-state index contributed by atoms with van der Waals surface area (Å²) in [5.74, 6) is 2.58. The zero-order valence-corrected chi connectivity index (χ0v) is 14.3. The van der Waals surface area contributed by atoms with Crippen molar-refractivity contribution < 1.29 is 17.8 Å². The average Bonchev–Trinajstić information content (AvgIpc) is 3.19. The maximum absolute atomic E-state index is 12.5. The standard InChI is InChI=1S/C16H21N3O3S/c1-13-5-6-14(22-13)12-18(2)16-8-7-15(11-17-16)23(20,21)19-9-3-4-10-19/h5-8,11H,3-4,9-10,12H2,1-2H3/p+1. The Labute approximate surface area is 136 Å². The molecular weight excluding hydrogens is 314 g/mol. The van der Waals surface area contributed by atoms with Crippen LogP contribution in [0.5, 0.6) is 0 Å². The molecule has 1 N–H and O–H groups in total. The molecule has 3 rings (SSSR count). The van der Waals surface area contributed by atoms with E-state index in [2.05, 4.69) is 4.98 Å². The second kappa shape index (κ2) is 6.33. The van der Waals surface area contributed by atoms with Gasteiger partial charge in [-0.15, -0.1) is 0 Å². The largest absolute Gasteiger partial charge is 0.462 e. The summed E-state index contributed by atoms with van der Waals surface area (Å²) in [6.45, 7) is 3.75. The van der Waals surface area contributed by atoms with E-state index in [9.17, 15) is 8.42 Å². The van der Waals surface area contributed by atoms with Gasteiger partial charge < -0.3 is 4.42 Å². The Hall–Kier alpha value is -1.86. The number of H-pyrrole nitrogens is 1. The molecule has 0 amide bonds. The van der Waals surface area contributed by atoms with Crippen molar-refractivity contribution in [2.75, 3.05) is 25.0 Å². The number of aromatic nitrogens is 1. The highest BCUT2D eigenvalue weighted by Gasteiger charge is 2.28. The third kappa shape index (κ3) is 3.40. The summed E-state index contributed by atoms with van der Waals surface area (Å²) in [5.41, 5.74) is 0. The highest BCUT2D eigenvalue weighted by atomic mass is 32.2. The van der Waals surface area contributed by atoms with Crippen molar-refractivity contribution in [3.63, 3.8) is 0 Å². The predicted molar refractivity (Wildman–Crippen MR) is 86.5 cm³/mol. The van der Waals surface area contributed by atoms with Gasteiger partial charge in [0.25, 0.3) is 5.82 Å². The molecule has 6 nitrogen and oxygen atoms in total. The summed E-state index contributed by atoms with van der Waals surface area (Å²) in [7, 11) is -1.44. The first-order valence-corrected chi connectivity index (χ1v) is 9.19. The molecule has 1 fully saturated rings. The zero-order valence-electron chi connectivity index (χ0n) is 13.4. The smallest absolute Gasteiger partial charge is 0.274 e. The molecule has 7 heteroatoms. The van der Waals surface area contributed by atoms with Crippen LogP contribution in [0.1, 0.15) is 24.4 Å². The van der Waals surface area contributed by atoms with Crippen LogP contribution in [-0.4, -0.2) is 32.9 Å². The van der Waals surface area contributed by atoms with E-state index in [1.807, 2.05) is 31.0 Å². The zero-order chi connectivity index (χ0) is 16.4. The summed E-state index contributed by atoms with van der Waals surface area (Å²) < 4.78 is 32.1. The highest BCUT2D eigenvalue weighted by Crippen LogP contribution is 2.21. The van der Waals surface area contributed by atoms with E-state index in [0.717, 1.165) is 30.2 Å². The molecule has 1 aliphatic rings. The van der Waals surface area contributed by atoms with Crippen molar-refractivity contribution in [1.82, 2.24) is 4.31 Å². The van der Waals surface area contributed by atoms with Crippen LogP contribution in [0.4, 0.5) is 5.82 Å². The van der Waals surface area contributed by atoms with Crippen LogP contribution < -0.4 is 9.88 Å². The molecule has 0 unspecified atom stereocenters. The van der Waals surface area contributed by atoms with E-state index in [1.165, 1.54) is 0 Å². The van der Waals surface area contributed by atoms with E-state index in [4.69, 9.17) is 4.42 Å². The van der Waals surface area contributed by atoms with Gasteiger partial charge in [0.2, 0.25) is 10.0 Å². The van der Waals surface area contributed by atoms with Crippen LogP contribution in [0, 0.1) is 6.92 Å². The molecule has 1 aliphatic heterocycles. The summed E-state index contributed by atoms with van der Waals surface area (Å²) in [5, 5.41) is 0. The Morgan fingerprint density at radius 3 is 2.52 bits per heavy atom. The molecule has 2 aromatic heterocycles. The molecule has 23 heavy (non-hydrogen) atoms. The summed E-state index contributed by atoms with van der Waals surface area (Å²) in [4.78, 5) is 5.36. The molecule has 0 bridgehead atoms. The van der Waals surface area contributed by atoms with Gasteiger partial charge >= 0.3 is 0 Å². The van der Waals surface area contributed by atoms with Crippen LogP contribution in [-0.2, 0) is 16.6 Å². The Kier molecular flexibility index (Phi) is 4.41. The first kappa shape index (κ1) is 16.0.